The molecule has 3 rings (SSSR count). The Hall–Kier alpha value is -2.50. The number of hydrogen-bond donors (Lipinski definition) is 2. The van der Waals surface area contributed by atoms with Crippen LogP contribution < -0.4 is 0 Å². The number of methoxy groups -OCH3 is 1. The van der Waals surface area contributed by atoms with Gasteiger partial charge >= 0.3 is 0 Å². The Morgan fingerprint density at radius 1 is 0.621 bits per heavy atom. The number of benzene rings is 3. The second kappa shape index (κ2) is 10.9. The minimum Gasteiger partial charge on any atom is -0.387 e. The molecule has 0 saturated heterocycles. The molecule has 3 atom stereocenters. The standard InChI is InChI=1S/C25H29NO3/c1-29-25(22-15-9-4-10-16-22)19-26(17-23(27)20-11-5-2-6-12-20)18-24(28)21-13-7-3-8-14-21/h2-16,23-25,27-28H,17-19H2,1H3/t23-,24+,25?. The topological polar surface area (TPSA) is 52.9 Å². The van der Waals surface area contributed by atoms with Crippen LogP contribution in [0.3, 0.4) is 0 Å². The van der Waals surface area contributed by atoms with Crippen LogP contribution in [-0.2, 0) is 4.74 Å². The van der Waals surface area contributed by atoms with Crippen molar-refractivity contribution >= 4 is 0 Å². The molecule has 0 saturated carbocycles. The van der Waals surface area contributed by atoms with Crippen LogP contribution >= 0.6 is 0 Å². The molecule has 29 heavy (non-hydrogen) atoms. The fourth-order valence-corrected chi connectivity index (χ4v) is 3.49. The van der Waals surface area contributed by atoms with Crippen LogP contribution in [-0.4, -0.2) is 41.9 Å². The fourth-order valence-electron chi connectivity index (χ4n) is 3.49. The highest BCUT2D eigenvalue weighted by atomic mass is 16.5. The van der Waals surface area contributed by atoms with E-state index in [0.29, 0.717) is 19.6 Å². The summed E-state index contributed by atoms with van der Waals surface area (Å²) in [7, 11) is 1.69. The van der Waals surface area contributed by atoms with Crippen LogP contribution in [0.15, 0.2) is 91.0 Å². The lowest BCUT2D eigenvalue weighted by Gasteiger charge is -2.30. The van der Waals surface area contributed by atoms with Gasteiger partial charge in [-0.2, -0.15) is 0 Å². The van der Waals surface area contributed by atoms with Crippen LogP contribution in [0.5, 0.6) is 0 Å². The van der Waals surface area contributed by atoms with Crippen LogP contribution in [0.1, 0.15) is 35.0 Å². The van der Waals surface area contributed by atoms with Crippen molar-refractivity contribution in [3.05, 3.63) is 108 Å². The Bertz CT molecular complexity index is 779. The van der Waals surface area contributed by atoms with Gasteiger partial charge in [-0.05, 0) is 16.7 Å². The molecule has 3 aromatic rings. The number of nitrogens with zero attached hydrogens (tertiary/aromatic N) is 1. The predicted molar refractivity (Wildman–Crippen MR) is 115 cm³/mol. The van der Waals surface area contributed by atoms with Crippen molar-refractivity contribution in [1.82, 2.24) is 4.90 Å². The first-order valence-corrected chi connectivity index (χ1v) is 9.93. The van der Waals surface area contributed by atoms with Gasteiger partial charge < -0.3 is 14.9 Å². The first-order chi connectivity index (χ1) is 14.2. The maximum absolute atomic E-state index is 10.8. The number of aliphatic hydroxyl groups is 2. The van der Waals surface area contributed by atoms with Gasteiger partial charge in [-0.1, -0.05) is 91.0 Å². The first-order valence-electron chi connectivity index (χ1n) is 9.93. The Balaban J connectivity index is 1.76. The normalized spacial score (nSPS) is 14.5. The van der Waals surface area contributed by atoms with Crippen molar-refractivity contribution in [2.75, 3.05) is 26.7 Å². The Labute approximate surface area is 173 Å². The summed E-state index contributed by atoms with van der Waals surface area (Å²) < 4.78 is 5.74. The third-order valence-corrected chi connectivity index (χ3v) is 5.11. The summed E-state index contributed by atoms with van der Waals surface area (Å²) >= 11 is 0. The quantitative estimate of drug-likeness (QED) is 0.545. The minimum atomic E-state index is -0.646. The lowest BCUT2D eigenvalue weighted by atomic mass is 10.0. The molecule has 0 aliphatic rings. The molecule has 0 bridgehead atoms. The molecule has 0 aliphatic carbocycles. The van der Waals surface area contributed by atoms with Crippen LogP contribution in [0.4, 0.5) is 0 Å². The smallest absolute Gasteiger partial charge is 0.0948 e. The number of rotatable bonds is 10. The summed E-state index contributed by atoms with van der Waals surface area (Å²) in [6.07, 6.45) is -1.44. The van der Waals surface area contributed by atoms with Gasteiger partial charge in [-0.15, -0.1) is 0 Å². The zero-order valence-corrected chi connectivity index (χ0v) is 16.8. The summed E-state index contributed by atoms with van der Waals surface area (Å²) in [5.41, 5.74) is 2.80. The zero-order chi connectivity index (χ0) is 20.5. The van der Waals surface area contributed by atoms with E-state index in [1.54, 1.807) is 7.11 Å². The molecule has 0 fully saturated rings. The molecule has 0 spiro atoms. The average molecular weight is 392 g/mol. The van der Waals surface area contributed by atoms with E-state index in [-0.39, 0.29) is 6.10 Å². The summed E-state index contributed by atoms with van der Waals surface area (Å²) in [6, 6.07) is 29.2. The summed E-state index contributed by atoms with van der Waals surface area (Å²) in [6.45, 7) is 1.37. The Morgan fingerprint density at radius 2 is 1.00 bits per heavy atom. The second-order valence-corrected chi connectivity index (χ2v) is 7.21. The van der Waals surface area contributed by atoms with E-state index in [1.165, 1.54) is 0 Å². The van der Waals surface area contributed by atoms with Crippen molar-refractivity contribution in [3.63, 3.8) is 0 Å². The van der Waals surface area contributed by atoms with Gasteiger partial charge in [0, 0.05) is 26.7 Å². The van der Waals surface area contributed by atoms with Crippen LogP contribution in [0.2, 0.25) is 0 Å². The summed E-state index contributed by atoms with van der Waals surface area (Å²) in [5.74, 6) is 0. The van der Waals surface area contributed by atoms with Crippen LogP contribution in [0.25, 0.3) is 0 Å². The lowest BCUT2D eigenvalue weighted by Crippen LogP contribution is -2.36. The monoisotopic (exact) mass is 391 g/mol. The maximum Gasteiger partial charge on any atom is 0.0948 e. The van der Waals surface area contributed by atoms with Crippen molar-refractivity contribution in [1.29, 1.82) is 0 Å². The zero-order valence-electron chi connectivity index (χ0n) is 16.8. The molecule has 152 valence electrons. The van der Waals surface area contributed by atoms with Gasteiger partial charge in [0.15, 0.2) is 0 Å². The highest BCUT2D eigenvalue weighted by Crippen LogP contribution is 2.23. The van der Waals surface area contributed by atoms with Crippen molar-refractivity contribution in [3.8, 4) is 0 Å². The van der Waals surface area contributed by atoms with Crippen molar-refractivity contribution < 1.29 is 14.9 Å². The van der Waals surface area contributed by atoms with Gasteiger partial charge in [0.05, 0.1) is 18.3 Å². The number of aliphatic hydroxyl groups excluding tert-OH is 2. The molecular formula is C25H29NO3. The van der Waals surface area contributed by atoms with E-state index in [1.807, 2.05) is 91.0 Å². The molecule has 4 nitrogen and oxygen atoms in total. The van der Waals surface area contributed by atoms with Crippen LogP contribution in [0, 0.1) is 0 Å². The highest BCUT2D eigenvalue weighted by Gasteiger charge is 2.22. The van der Waals surface area contributed by atoms with Gasteiger partial charge in [0.1, 0.15) is 0 Å². The van der Waals surface area contributed by atoms with Gasteiger partial charge in [0.25, 0.3) is 0 Å². The lowest BCUT2D eigenvalue weighted by molar-refractivity contribution is 0.0193. The highest BCUT2D eigenvalue weighted by molar-refractivity contribution is 5.20. The number of ether oxygens (including phenoxy) is 1. The molecule has 3 aromatic carbocycles. The summed E-state index contributed by atoms with van der Waals surface area (Å²) in [5, 5.41) is 21.5. The fraction of sp³-hybridized carbons (Fsp3) is 0.280. The molecule has 0 aromatic heterocycles. The molecule has 0 radical (unpaired) electrons. The minimum absolute atomic E-state index is 0.151. The number of hydrogen-bond acceptors (Lipinski definition) is 4. The van der Waals surface area contributed by atoms with E-state index in [0.717, 1.165) is 16.7 Å². The van der Waals surface area contributed by atoms with E-state index in [4.69, 9.17) is 4.74 Å². The van der Waals surface area contributed by atoms with Gasteiger partial charge in [-0.25, -0.2) is 0 Å². The molecule has 2 N–H and O–H groups in total. The Morgan fingerprint density at radius 3 is 1.38 bits per heavy atom. The predicted octanol–water partition coefficient (Wildman–Crippen LogP) is 4.14. The van der Waals surface area contributed by atoms with Gasteiger partial charge in [-0.3, -0.25) is 4.90 Å². The average Bonchev–Trinajstić information content (AvgIpc) is 2.79. The van der Waals surface area contributed by atoms with Crippen molar-refractivity contribution in [2.45, 2.75) is 18.3 Å². The maximum atomic E-state index is 10.8. The largest absolute Gasteiger partial charge is 0.387 e. The second-order valence-electron chi connectivity index (χ2n) is 7.21. The van der Waals surface area contributed by atoms with Crippen molar-refractivity contribution in [2.24, 2.45) is 0 Å². The molecule has 4 heteroatoms. The van der Waals surface area contributed by atoms with E-state index < -0.39 is 12.2 Å². The first kappa shape index (κ1) is 21.2. The SMILES string of the molecule is COC(CN(C[C@@H](O)c1ccccc1)C[C@H](O)c1ccccc1)c1ccccc1. The summed E-state index contributed by atoms with van der Waals surface area (Å²) in [4.78, 5) is 2.07. The van der Waals surface area contributed by atoms with E-state index in [9.17, 15) is 10.2 Å². The molecule has 0 aliphatic heterocycles. The van der Waals surface area contributed by atoms with E-state index >= 15 is 0 Å². The molecule has 0 amide bonds. The molecular weight excluding hydrogens is 362 g/mol. The third-order valence-electron chi connectivity index (χ3n) is 5.11. The Kier molecular flexibility index (Phi) is 7.96. The van der Waals surface area contributed by atoms with Gasteiger partial charge in [0.2, 0.25) is 0 Å². The molecule has 0 heterocycles. The van der Waals surface area contributed by atoms with E-state index in [2.05, 4.69) is 4.90 Å². The molecule has 1 unspecified atom stereocenters. The third kappa shape index (κ3) is 6.24.